The fourth-order valence-corrected chi connectivity index (χ4v) is 3.49. The number of fused-ring (bicyclic) bond motifs is 1. The second-order valence-corrected chi connectivity index (χ2v) is 6.88. The topological polar surface area (TPSA) is 52.9 Å². The molecule has 2 aromatic rings. The fourth-order valence-electron chi connectivity index (χ4n) is 3.49. The number of benzene rings is 2. The SMILES string of the molecule is CCC1(C)Cc2ccccc2C(NC(=O)c2ccccc2C)=C1C#N. The summed E-state index contributed by atoms with van der Waals surface area (Å²) in [6.07, 6.45) is 1.65. The van der Waals surface area contributed by atoms with Crippen LogP contribution in [0.2, 0.25) is 0 Å². The minimum absolute atomic E-state index is 0.170. The van der Waals surface area contributed by atoms with E-state index >= 15 is 0 Å². The highest BCUT2D eigenvalue weighted by atomic mass is 16.1. The molecule has 0 spiro atoms. The number of hydrogen-bond donors (Lipinski definition) is 1. The standard InChI is InChI=1S/C22H22N2O/c1-4-22(3)13-16-10-6-8-12-18(16)20(19(22)14-23)24-21(25)17-11-7-5-9-15(17)2/h5-12H,4,13H2,1-3H3,(H,24,25). The summed E-state index contributed by atoms with van der Waals surface area (Å²) in [7, 11) is 0. The van der Waals surface area contributed by atoms with Crippen molar-refractivity contribution >= 4 is 11.6 Å². The zero-order chi connectivity index (χ0) is 18.0. The van der Waals surface area contributed by atoms with Gasteiger partial charge in [-0.1, -0.05) is 56.3 Å². The molecule has 25 heavy (non-hydrogen) atoms. The minimum atomic E-state index is -0.266. The highest BCUT2D eigenvalue weighted by Crippen LogP contribution is 2.43. The number of rotatable bonds is 3. The van der Waals surface area contributed by atoms with E-state index in [1.807, 2.05) is 49.4 Å². The average molecular weight is 330 g/mol. The molecule has 1 N–H and O–H groups in total. The molecular weight excluding hydrogens is 308 g/mol. The van der Waals surface area contributed by atoms with Crippen LogP contribution in [0.15, 0.2) is 54.1 Å². The number of nitrogens with one attached hydrogen (secondary N) is 1. The number of allylic oxidation sites excluding steroid dienone is 1. The van der Waals surface area contributed by atoms with Crippen molar-refractivity contribution in [3.63, 3.8) is 0 Å². The Balaban J connectivity index is 2.11. The Morgan fingerprint density at radius 2 is 1.88 bits per heavy atom. The van der Waals surface area contributed by atoms with Gasteiger partial charge in [-0.3, -0.25) is 4.79 Å². The van der Waals surface area contributed by atoms with Crippen LogP contribution < -0.4 is 5.32 Å². The van der Waals surface area contributed by atoms with Crippen molar-refractivity contribution in [3.05, 3.63) is 76.4 Å². The number of nitriles is 1. The van der Waals surface area contributed by atoms with Crippen LogP contribution in [-0.2, 0) is 6.42 Å². The summed E-state index contributed by atoms with van der Waals surface area (Å²) >= 11 is 0. The van der Waals surface area contributed by atoms with Gasteiger partial charge in [0.2, 0.25) is 0 Å². The molecule has 3 heteroatoms. The Hall–Kier alpha value is -2.86. The number of hydrogen-bond acceptors (Lipinski definition) is 2. The molecular formula is C22H22N2O. The predicted octanol–water partition coefficient (Wildman–Crippen LogP) is 4.63. The summed E-state index contributed by atoms with van der Waals surface area (Å²) in [4.78, 5) is 12.8. The summed E-state index contributed by atoms with van der Waals surface area (Å²) in [6, 6.07) is 17.9. The van der Waals surface area contributed by atoms with Crippen LogP contribution in [0.5, 0.6) is 0 Å². The van der Waals surface area contributed by atoms with Crippen molar-refractivity contribution in [3.8, 4) is 6.07 Å². The van der Waals surface area contributed by atoms with E-state index in [1.54, 1.807) is 0 Å². The summed E-state index contributed by atoms with van der Waals surface area (Å²) in [5.74, 6) is -0.170. The number of carbonyl (C=O) groups is 1. The Kier molecular flexibility index (Phi) is 4.46. The lowest BCUT2D eigenvalue weighted by atomic mass is 9.69. The minimum Gasteiger partial charge on any atom is -0.321 e. The molecule has 0 saturated carbocycles. The van der Waals surface area contributed by atoms with Crippen LogP contribution in [0.25, 0.3) is 5.70 Å². The third-order valence-electron chi connectivity index (χ3n) is 5.24. The lowest BCUT2D eigenvalue weighted by Crippen LogP contribution is -2.33. The molecule has 2 aromatic carbocycles. The molecule has 1 aliphatic rings. The number of aryl methyl sites for hydroxylation is 1. The third-order valence-corrected chi connectivity index (χ3v) is 5.24. The van der Waals surface area contributed by atoms with Gasteiger partial charge in [-0.2, -0.15) is 5.26 Å². The van der Waals surface area contributed by atoms with Crippen LogP contribution in [-0.4, -0.2) is 5.91 Å². The Labute approximate surface area is 149 Å². The van der Waals surface area contributed by atoms with Gasteiger partial charge in [0.1, 0.15) is 0 Å². The van der Waals surface area contributed by atoms with Gasteiger partial charge in [-0.05, 0) is 37.0 Å². The summed E-state index contributed by atoms with van der Waals surface area (Å²) < 4.78 is 0. The molecule has 0 bridgehead atoms. The monoisotopic (exact) mass is 330 g/mol. The molecule has 3 nitrogen and oxygen atoms in total. The summed E-state index contributed by atoms with van der Waals surface area (Å²) in [5.41, 5.74) is 4.72. The number of amides is 1. The molecule has 1 amide bonds. The molecule has 0 saturated heterocycles. The van der Waals surface area contributed by atoms with E-state index in [0.717, 1.165) is 24.0 Å². The highest BCUT2D eigenvalue weighted by molar-refractivity contribution is 6.01. The second kappa shape index (κ2) is 6.57. The first-order valence-electron chi connectivity index (χ1n) is 8.60. The van der Waals surface area contributed by atoms with E-state index in [1.165, 1.54) is 5.56 Å². The van der Waals surface area contributed by atoms with Gasteiger partial charge in [0, 0.05) is 16.5 Å². The van der Waals surface area contributed by atoms with Gasteiger partial charge in [0.15, 0.2) is 0 Å². The molecule has 0 aromatic heterocycles. The molecule has 0 heterocycles. The van der Waals surface area contributed by atoms with Gasteiger partial charge in [0.05, 0.1) is 17.3 Å². The van der Waals surface area contributed by atoms with Gasteiger partial charge in [0.25, 0.3) is 5.91 Å². The lowest BCUT2D eigenvalue weighted by Gasteiger charge is -2.35. The van der Waals surface area contributed by atoms with Crippen LogP contribution >= 0.6 is 0 Å². The molecule has 1 atom stereocenters. The highest BCUT2D eigenvalue weighted by Gasteiger charge is 2.36. The van der Waals surface area contributed by atoms with Crippen LogP contribution in [0.1, 0.15) is 47.3 Å². The fraction of sp³-hybridized carbons (Fsp3) is 0.273. The van der Waals surface area contributed by atoms with Crippen molar-refractivity contribution < 1.29 is 4.79 Å². The van der Waals surface area contributed by atoms with Gasteiger partial charge >= 0.3 is 0 Å². The Morgan fingerprint density at radius 1 is 1.20 bits per heavy atom. The van der Waals surface area contributed by atoms with Crippen molar-refractivity contribution in [2.45, 2.75) is 33.6 Å². The van der Waals surface area contributed by atoms with Gasteiger partial charge in [-0.25, -0.2) is 0 Å². The molecule has 3 rings (SSSR count). The lowest BCUT2D eigenvalue weighted by molar-refractivity contribution is 0.0972. The zero-order valence-corrected chi connectivity index (χ0v) is 14.9. The summed E-state index contributed by atoms with van der Waals surface area (Å²) in [5, 5.41) is 12.9. The van der Waals surface area contributed by atoms with E-state index in [0.29, 0.717) is 16.8 Å². The molecule has 0 aliphatic heterocycles. The number of carbonyl (C=O) groups excluding carboxylic acids is 1. The predicted molar refractivity (Wildman–Crippen MR) is 99.7 cm³/mol. The first-order chi connectivity index (χ1) is 12.0. The van der Waals surface area contributed by atoms with E-state index in [4.69, 9.17) is 0 Å². The van der Waals surface area contributed by atoms with E-state index < -0.39 is 0 Å². The average Bonchev–Trinajstić information content (AvgIpc) is 2.62. The maximum absolute atomic E-state index is 12.8. The van der Waals surface area contributed by atoms with Gasteiger partial charge in [-0.15, -0.1) is 0 Å². The number of nitrogens with zero attached hydrogens (tertiary/aromatic N) is 1. The molecule has 126 valence electrons. The van der Waals surface area contributed by atoms with E-state index in [2.05, 4.69) is 31.3 Å². The second-order valence-electron chi connectivity index (χ2n) is 6.88. The Bertz CT molecular complexity index is 904. The molecule has 1 aliphatic carbocycles. The smallest absolute Gasteiger partial charge is 0.255 e. The van der Waals surface area contributed by atoms with Crippen molar-refractivity contribution in [1.82, 2.24) is 5.32 Å². The van der Waals surface area contributed by atoms with Gasteiger partial charge < -0.3 is 5.32 Å². The molecule has 1 unspecified atom stereocenters. The Morgan fingerprint density at radius 3 is 2.56 bits per heavy atom. The first-order valence-corrected chi connectivity index (χ1v) is 8.60. The largest absolute Gasteiger partial charge is 0.321 e. The van der Waals surface area contributed by atoms with Crippen LogP contribution in [0, 0.1) is 23.7 Å². The maximum Gasteiger partial charge on any atom is 0.255 e. The van der Waals surface area contributed by atoms with E-state index in [-0.39, 0.29) is 11.3 Å². The summed E-state index contributed by atoms with van der Waals surface area (Å²) in [6.45, 7) is 6.10. The van der Waals surface area contributed by atoms with Crippen molar-refractivity contribution in [2.75, 3.05) is 0 Å². The van der Waals surface area contributed by atoms with Crippen molar-refractivity contribution in [2.24, 2.45) is 5.41 Å². The van der Waals surface area contributed by atoms with E-state index in [9.17, 15) is 10.1 Å². The van der Waals surface area contributed by atoms with Crippen LogP contribution in [0.4, 0.5) is 0 Å². The van der Waals surface area contributed by atoms with Crippen LogP contribution in [0.3, 0.4) is 0 Å². The third kappa shape index (κ3) is 2.96. The maximum atomic E-state index is 12.8. The molecule has 0 radical (unpaired) electrons. The first kappa shape index (κ1) is 17.0. The zero-order valence-electron chi connectivity index (χ0n) is 14.9. The normalized spacial score (nSPS) is 19.1. The molecule has 0 fully saturated rings. The van der Waals surface area contributed by atoms with Crippen molar-refractivity contribution in [1.29, 1.82) is 5.26 Å². The quantitative estimate of drug-likeness (QED) is 0.892.